The second-order valence-electron chi connectivity index (χ2n) is 4.22. The van der Waals surface area contributed by atoms with E-state index in [1.807, 2.05) is 11.4 Å². The normalized spacial score (nSPS) is 14.2. The molecule has 0 spiro atoms. The molecule has 102 valence electrons. The van der Waals surface area contributed by atoms with Gasteiger partial charge in [-0.25, -0.2) is 0 Å². The van der Waals surface area contributed by atoms with Crippen molar-refractivity contribution < 1.29 is 9.53 Å². The van der Waals surface area contributed by atoms with Crippen molar-refractivity contribution in [1.82, 2.24) is 5.32 Å². The first-order chi connectivity index (χ1) is 8.71. The molecule has 0 fully saturated rings. The minimum Gasteiger partial charge on any atom is -0.380 e. The van der Waals surface area contributed by atoms with E-state index in [9.17, 15) is 4.79 Å². The van der Waals surface area contributed by atoms with Crippen LogP contribution in [-0.2, 0) is 9.53 Å². The number of carbonyl (C=O) groups is 1. The van der Waals surface area contributed by atoms with E-state index in [0.717, 1.165) is 12.8 Å². The van der Waals surface area contributed by atoms with Crippen LogP contribution in [0.3, 0.4) is 0 Å². The molecule has 0 aliphatic rings. The maximum Gasteiger partial charge on any atom is 0.223 e. The van der Waals surface area contributed by atoms with Gasteiger partial charge in [0.1, 0.15) is 0 Å². The average molecular weight is 270 g/mol. The number of nitrogens with one attached hydrogen (secondary N) is 1. The third-order valence-electron chi connectivity index (χ3n) is 2.81. The highest BCUT2D eigenvalue weighted by atomic mass is 32.1. The molecule has 5 heteroatoms. The summed E-state index contributed by atoms with van der Waals surface area (Å²) in [6.07, 6.45) is 2.11. The van der Waals surface area contributed by atoms with E-state index < -0.39 is 0 Å². The number of nitrogens with two attached hydrogens (primary N) is 1. The Bertz CT molecular complexity index is 337. The topological polar surface area (TPSA) is 64.4 Å². The van der Waals surface area contributed by atoms with E-state index in [4.69, 9.17) is 10.5 Å². The zero-order valence-corrected chi connectivity index (χ0v) is 11.8. The molecule has 0 saturated carbocycles. The largest absolute Gasteiger partial charge is 0.380 e. The van der Waals surface area contributed by atoms with E-state index in [1.165, 1.54) is 4.88 Å². The molecular formula is C13H22N2O2S. The van der Waals surface area contributed by atoms with Crippen LogP contribution in [0.25, 0.3) is 0 Å². The number of methoxy groups -OCH3 is 1. The molecule has 1 amide bonds. The van der Waals surface area contributed by atoms with Crippen molar-refractivity contribution in [3.05, 3.63) is 22.4 Å². The number of hydrogen-bond donors (Lipinski definition) is 2. The summed E-state index contributed by atoms with van der Waals surface area (Å²) in [5.41, 5.74) is 5.51. The van der Waals surface area contributed by atoms with Crippen LogP contribution >= 0.6 is 11.3 Å². The fourth-order valence-corrected chi connectivity index (χ4v) is 2.60. The van der Waals surface area contributed by atoms with Gasteiger partial charge in [0.25, 0.3) is 0 Å². The predicted octanol–water partition coefficient (Wildman–Crippen LogP) is 2.07. The summed E-state index contributed by atoms with van der Waals surface area (Å²) in [5.74, 6) is -0.000787. The zero-order chi connectivity index (χ0) is 13.4. The first kappa shape index (κ1) is 15.1. The van der Waals surface area contributed by atoms with Crippen LogP contribution in [0.5, 0.6) is 0 Å². The smallest absolute Gasteiger partial charge is 0.223 e. The van der Waals surface area contributed by atoms with Crippen LogP contribution in [-0.4, -0.2) is 25.7 Å². The fourth-order valence-electron chi connectivity index (χ4n) is 1.79. The summed E-state index contributed by atoms with van der Waals surface area (Å²) in [7, 11) is 1.58. The van der Waals surface area contributed by atoms with E-state index in [-0.39, 0.29) is 18.1 Å². The maximum atomic E-state index is 11.9. The Kier molecular flexibility index (Phi) is 6.93. The molecule has 4 nitrogen and oxygen atoms in total. The van der Waals surface area contributed by atoms with E-state index in [2.05, 4.69) is 18.3 Å². The van der Waals surface area contributed by atoms with Crippen molar-refractivity contribution in [2.24, 2.45) is 5.73 Å². The fraction of sp³-hybridized carbons (Fsp3) is 0.615. The van der Waals surface area contributed by atoms with Gasteiger partial charge in [-0.2, -0.15) is 0 Å². The molecule has 3 N–H and O–H groups in total. The molecule has 0 aliphatic heterocycles. The van der Waals surface area contributed by atoms with Crippen LogP contribution in [0, 0.1) is 0 Å². The molecule has 0 aromatic carbocycles. The standard InChI is InChI=1S/C13H22N2O2S/c1-3-5-11(12-6-4-7-18-12)15-13(16)8-10(9-14)17-2/h4,6-7,10-11H,3,5,8-9,14H2,1-2H3,(H,15,16). The Morgan fingerprint density at radius 2 is 2.39 bits per heavy atom. The van der Waals surface area contributed by atoms with Crippen LogP contribution in [0.1, 0.15) is 37.1 Å². The summed E-state index contributed by atoms with van der Waals surface area (Å²) in [4.78, 5) is 13.1. The molecule has 0 bridgehead atoms. The van der Waals surface area contributed by atoms with Crippen molar-refractivity contribution in [1.29, 1.82) is 0 Å². The Hall–Kier alpha value is -0.910. The van der Waals surface area contributed by atoms with Crippen LogP contribution in [0.15, 0.2) is 17.5 Å². The van der Waals surface area contributed by atoms with Gasteiger partial charge >= 0.3 is 0 Å². The summed E-state index contributed by atoms with van der Waals surface area (Å²) in [6, 6.07) is 4.17. The van der Waals surface area contributed by atoms with Gasteiger partial charge in [-0.1, -0.05) is 19.4 Å². The zero-order valence-electron chi connectivity index (χ0n) is 11.0. The molecule has 18 heavy (non-hydrogen) atoms. The molecular weight excluding hydrogens is 248 g/mol. The van der Waals surface area contributed by atoms with Crippen molar-refractivity contribution in [3.63, 3.8) is 0 Å². The first-order valence-electron chi connectivity index (χ1n) is 6.26. The monoisotopic (exact) mass is 270 g/mol. The van der Waals surface area contributed by atoms with Gasteiger partial charge in [0, 0.05) is 18.5 Å². The van der Waals surface area contributed by atoms with E-state index in [0.29, 0.717) is 13.0 Å². The van der Waals surface area contributed by atoms with Gasteiger partial charge in [-0.3, -0.25) is 4.79 Å². The lowest BCUT2D eigenvalue weighted by molar-refractivity contribution is -0.124. The summed E-state index contributed by atoms with van der Waals surface area (Å²) >= 11 is 1.67. The number of thiophene rings is 1. The number of carbonyl (C=O) groups excluding carboxylic acids is 1. The van der Waals surface area contributed by atoms with Gasteiger partial charge in [0.2, 0.25) is 5.91 Å². The maximum absolute atomic E-state index is 11.9. The lowest BCUT2D eigenvalue weighted by atomic mass is 10.1. The number of hydrogen-bond acceptors (Lipinski definition) is 4. The summed E-state index contributed by atoms with van der Waals surface area (Å²) in [6.45, 7) is 2.48. The van der Waals surface area contributed by atoms with Crippen LogP contribution in [0.2, 0.25) is 0 Å². The molecule has 1 aromatic heterocycles. The minimum absolute atomic E-state index is 0.000787. The number of rotatable bonds is 8. The number of amides is 1. The Labute approximate surface area is 113 Å². The molecule has 2 atom stereocenters. The van der Waals surface area contributed by atoms with Crippen molar-refractivity contribution in [2.45, 2.75) is 38.3 Å². The first-order valence-corrected chi connectivity index (χ1v) is 7.14. The molecule has 1 heterocycles. The SMILES string of the molecule is CCCC(NC(=O)CC(CN)OC)c1cccs1. The van der Waals surface area contributed by atoms with Crippen molar-refractivity contribution in [3.8, 4) is 0 Å². The molecule has 2 unspecified atom stereocenters. The van der Waals surface area contributed by atoms with Crippen molar-refractivity contribution >= 4 is 17.2 Å². The lowest BCUT2D eigenvalue weighted by Gasteiger charge is -2.19. The highest BCUT2D eigenvalue weighted by molar-refractivity contribution is 7.10. The summed E-state index contributed by atoms with van der Waals surface area (Å²) < 4.78 is 5.12. The minimum atomic E-state index is -0.199. The average Bonchev–Trinajstić information content (AvgIpc) is 2.89. The quantitative estimate of drug-likeness (QED) is 0.760. The number of ether oxygens (including phenoxy) is 1. The molecule has 1 aromatic rings. The highest BCUT2D eigenvalue weighted by Crippen LogP contribution is 2.23. The van der Waals surface area contributed by atoms with E-state index in [1.54, 1.807) is 18.4 Å². The second kappa shape index (κ2) is 8.24. The third-order valence-corrected chi connectivity index (χ3v) is 3.79. The van der Waals surface area contributed by atoms with Gasteiger partial charge < -0.3 is 15.8 Å². The Balaban J connectivity index is 2.53. The predicted molar refractivity (Wildman–Crippen MR) is 74.6 cm³/mol. The highest BCUT2D eigenvalue weighted by Gasteiger charge is 2.17. The summed E-state index contributed by atoms with van der Waals surface area (Å²) in [5, 5.41) is 5.09. The van der Waals surface area contributed by atoms with Gasteiger partial charge in [-0.05, 0) is 17.9 Å². The molecule has 1 rings (SSSR count). The molecule has 0 saturated heterocycles. The Morgan fingerprint density at radius 3 is 2.89 bits per heavy atom. The lowest BCUT2D eigenvalue weighted by Crippen LogP contribution is -2.34. The van der Waals surface area contributed by atoms with Crippen molar-refractivity contribution in [2.75, 3.05) is 13.7 Å². The molecule has 0 aliphatic carbocycles. The Morgan fingerprint density at radius 1 is 1.61 bits per heavy atom. The van der Waals surface area contributed by atoms with E-state index >= 15 is 0 Å². The van der Waals surface area contributed by atoms with Gasteiger partial charge in [-0.15, -0.1) is 11.3 Å². The van der Waals surface area contributed by atoms with Gasteiger partial charge in [0.05, 0.1) is 18.6 Å². The van der Waals surface area contributed by atoms with Crippen LogP contribution < -0.4 is 11.1 Å². The third kappa shape index (κ3) is 4.76. The van der Waals surface area contributed by atoms with Crippen LogP contribution in [0.4, 0.5) is 0 Å². The van der Waals surface area contributed by atoms with Gasteiger partial charge in [0.15, 0.2) is 0 Å². The second-order valence-corrected chi connectivity index (χ2v) is 5.20. The molecule has 0 radical (unpaired) electrons.